The van der Waals surface area contributed by atoms with Gasteiger partial charge in [-0.05, 0) is 49.4 Å². The fourth-order valence-electron chi connectivity index (χ4n) is 4.47. The topological polar surface area (TPSA) is 55.5 Å². The summed E-state index contributed by atoms with van der Waals surface area (Å²) >= 11 is 0. The van der Waals surface area contributed by atoms with Crippen molar-refractivity contribution in [3.8, 4) is 22.8 Å². The van der Waals surface area contributed by atoms with Crippen molar-refractivity contribution >= 4 is 11.6 Å². The lowest BCUT2D eigenvalue weighted by molar-refractivity contribution is 0.0737. The van der Waals surface area contributed by atoms with E-state index in [0.717, 1.165) is 41.6 Å². The van der Waals surface area contributed by atoms with E-state index in [-0.39, 0.29) is 5.91 Å². The number of amides is 1. The third-order valence-electron chi connectivity index (χ3n) is 6.41. The van der Waals surface area contributed by atoms with Crippen molar-refractivity contribution in [3.05, 3.63) is 84.2 Å². The molecule has 5 rings (SSSR count). The first-order chi connectivity index (χ1) is 16.5. The van der Waals surface area contributed by atoms with Gasteiger partial charge in [0, 0.05) is 39.4 Å². The number of ether oxygens (including phenoxy) is 1. The molecular weight excluding hydrogens is 426 g/mol. The first kappa shape index (κ1) is 21.8. The van der Waals surface area contributed by atoms with Crippen molar-refractivity contribution in [2.45, 2.75) is 6.92 Å². The fraction of sp³-hybridized carbons (Fsp3) is 0.259. The molecule has 1 amide bonds. The van der Waals surface area contributed by atoms with Crippen molar-refractivity contribution < 1.29 is 9.53 Å². The molecule has 1 saturated heterocycles. The maximum Gasteiger partial charge on any atom is 0.272 e. The van der Waals surface area contributed by atoms with Gasteiger partial charge in [0.15, 0.2) is 0 Å². The molecule has 2 aromatic heterocycles. The molecule has 0 N–H and O–H groups in total. The number of nitrogens with zero attached hydrogens (tertiary/aromatic N) is 5. The van der Waals surface area contributed by atoms with Crippen molar-refractivity contribution in [1.29, 1.82) is 0 Å². The Kier molecular flexibility index (Phi) is 5.84. The van der Waals surface area contributed by atoms with E-state index < -0.39 is 0 Å². The summed E-state index contributed by atoms with van der Waals surface area (Å²) in [4.78, 5) is 17.9. The summed E-state index contributed by atoms with van der Waals surface area (Å²) in [5.74, 6) is 0.847. The highest BCUT2D eigenvalue weighted by molar-refractivity contribution is 5.94. The maximum absolute atomic E-state index is 13.7. The Hall–Kier alpha value is -4.00. The molecule has 0 bridgehead atoms. The van der Waals surface area contributed by atoms with E-state index in [2.05, 4.69) is 17.9 Å². The van der Waals surface area contributed by atoms with Gasteiger partial charge in [-0.1, -0.05) is 29.8 Å². The molecule has 0 aliphatic carbocycles. The van der Waals surface area contributed by atoms with E-state index >= 15 is 0 Å². The van der Waals surface area contributed by atoms with Crippen molar-refractivity contribution in [2.24, 2.45) is 7.05 Å². The summed E-state index contributed by atoms with van der Waals surface area (Å²) < 4.78 is 9.32. The first-order valence-electron chi connectivity index (χ1n) is 11.5. The molecule has 0 spiro atoms. The van der Waals surface area contributed by atoms with Gasteiger partial charge in [-0.2, -0.15) is 5.10 Å². The molecule has 174 valence electrons. The summed E-state index contributed by atoms with van der Waals surface area (Å²) in [6, 6.07) is 22.0. The van der Waals surface area contributed by atoms with E-state index in [4.69, 9.17) is 9.84 Å². The zero-order valence-corrected chi connectivity index (χ0v) is 19.8. The van der Waals surface area contributed by atoms with E-state index in [1.165, 1.54) is 5.56 Å². The van der Waals surface area contributed by atoms with Gasteiger partial charge in [-0.25, -0.2) is 4.68 Å². The van der Waals surface area contributed by atoms with Gasteiger partial charge in [-0.3, -0.25) is 4.79 Å². The molecular formula is C27H29N5O2. The third kappa shape index (κ3) is 4.05. The Morgan fingerprint density at radius 2 is 1.68 bits per heavy atom. The van der Waals surface area contributed by atoms with Crippen LogP contribution >= 0.6 is 0 Å². The van der Waals surface area contributed by atoms with Gasteiger partial charge in [0.2, 0.25) is 0 Å². The Bertz CT molecular complexity index is 1300. The molecule has 2 aromatic carbocycles. The maximum atomic E-state index is 13.7. The van der Waals surface area contributed by atoms with Crippen LogP contribution in [0.25, 0.3) is 17.1 Å². The number of aryl methyl sites for hydroxylation is 2. The molecule has 1 aliphatic rings. The number of benzene rings is 2. The molecule has 1 fully saturated rings. The lowest BCUT2D eigenvalue weighted by Crippen LogP contribution is -2.49. The smallest absolute Gasteiger partial charge is 0.272 e. The van der Waals surface area contributed by atoms with Crippen LogP contribution in [0.3, 0.4) is 0 Å². The number of methoxy groups -OCH3 is 1. The van der Waals surface area contributed by atoms with Crippen molar-refractivity contribution in [3.63, 3.8) is 0 Å². The third-order valence-corrected chi connectivity index (χ3v) is 6.41. The predicted molar refractivity (Wildman–Crippen MR) is 134 cm³/mol. The van der Waals surface area contributed by atoms with Gasteiger partial charge in [-0.15, -0.1) is 0 Å². The van der Waals surface area contributed by atoms with Gasteiger partial charge in [0.25, 0.3) is 5.91 Å². The number of anilines is 1. The van der Waals surface area contributed by atoms with Crippen molar-refractivity contribution in [1.82, 2.24) is 19.2 Å². The zero-order valence-electron chi connectivity index (χ0n) is 19.8. The summed E-state index contributed by atoms with van der Waals surface area (Å²) in [7, 11) is 3.67. The van der Waals surface area contributed by atoms with Gasteiger partial charge < -0.3 is 19.1 Å². The number of aromatic nitrogens is 3. The second-order valence-corrected chi connectivity index (χ2v) is 8.62. The number of piperazine rings is 1. The van der Waals surface area contributed by atoms with Crippen molar-refractivity contribution in [2.75, 3.05) is 38.2 Å². The lowest BCUT2D eigenvalue weighted by atomic mass is 10.2. The average molecular weight is 456 g/mol. The van der Waals surface area contributed by atoms with Crippen LogP contribution in [0.2, 0.25) is 0 Å². The Morgan fingerprint density at radius 3 is 2.35 bits per heavy atom. The second-order valence-electron chi connectivity index (χ2n) is 8.62. The van der Waals surface area contributed by atoms with E-state index in [0.29, 0.717) is 18.8 Å². The highest BCUT2D eigenvalue weighted by atomic mass is 16.5. The Labute approximate surface area is 199 Å². The molecule has 4 aromatic rings. The largest absolute Gasteiger partial charge is 0.495 e. The van der Waals surface area contributed by atoms with Crippen LogP contribution in [0.1, 0.15) is 16.1 Å². The fourth-order valence-corrected chi connectivity index (χ4v) is 4.47. The first-order valence-corrected chi connectivity index (χ1v) is 11.5. The molecule has 7 heteroatoms. The van der Waals surface area contributed by atoms with Crippen LogP contribution in [0, 0.1) is 6.92 Å². The highest BCUT2D eigenvalue weighted by Gasteiger charge is 2.27. The van der Waals surface area contributed by atoms with Crippen LogP contribution in [-0.4, -0.2) is 58.4 Å². The SMILES string of the molecule is COc1ccccc1N1CCN(C(=O)c2cc(-c3cccn3C)nn2-c2ccc(C)cc2)CC1. The minimum Gasteiger partial charge on any atom is -0.495 e. The monoisotopic (exact) mass is 455 g/mol. The van der Waals surface area contributed by atoms with Crippen LogP contribution in [0.4, 0.5) is 5.69 Å². The molecule has 34 heavy (non-hydrogen) atoms. The molecule has 0 saturated carbocycles. The molecule has 0 atom stereocenters. The summed E-state index contributed by atoms with van der Waals surface area (Å²) in [5, 5.41) is 4.84. The van der Waals surface area contributed by atoms with Gasteiger partial charge in [0.05, 0.1) is 24.2 Å². The Morgan fingerprint density at radius 1 is 0.941 bits per heavy atom. The second kappa shape index (κ2) is 9.09. The van der Waals surface area contributed by atoms with E-state index in [9.17, 15) is 4.79 Å². The Balaban J connectivity index is 1.43. The van der Waals surface area contributed by atoms with E-state index in [1.54, 1.807) is 11.8 Å². The molecule has 0 radical (unpaired) electrons. The van der Waals surface area contributed by atoms with E-state index in [1.807, 2.05) is 83.4 Å². The average Bonchev–Trinajstić information content (AvgIpc) is 3.50. The normalized spacial score (nSPS) is 13.9. The number of para-hydroxylation sites is 2. The number of hydrogen-bond donors (Lipinski definition) is 0. The predicted octanol–water partition coefficient (Wildman–Crippen LogP) is 4.16. The number of rotatable bonds is 5. The van der Waals surface area contributed by atoms with Crippen LogP contribution in [0.15, 0.2) is 72.9 Å². The summed E-state index contributed by atoms with van der Waals surface area (Å²) in [6.07, 6.45) is 1.98. The minimum atomic E-state index is -0.00629. The summed E-state index contributed by atoms with van der Waals surface area (Å²) in [5.41, 5.74) is 5.43. The number of carbonyl (C=O) groups excluding carboxylic acids is 1. The standard InChI is InChI=1S/C27H29N5O2/c1-20-10-12-21(13-11-20)32-25(19-22(28-32)23-8-6-14-29(23)2)27(33)31-17-15-30(16-18-31)24-7-4-5-9-26(24)34-3/h4-14,19H,15-18H2,1-3H3. The molecule has 0 unspecified atom stereocenters. The lowest BCUT2D eigenvalue weighted by Gasteiger charge is -2.36. The molecule has 7 nitrogen and oxygen atoms in total. The number of carbonyl (C=O) groups is 1. The van der Waals surface area contributed by atoms with Crippen LogP contribution in [-0.2, 0) is 7.05 Å². The number of hydrogen-bond acceptors (Lipinski definition) is 4. The molecule has 1 aliphatic heterocycles. The van der Waals surface area contributed by atoms with Crippen LogP contribution in [0.5, 0.6) is 5.75 Å². The molecule has 3 heterocycles. The quantitative estimate of drug-likeness (QED) is 0.454. The van der Waals surface area contributed by atoms with Gasteiger partial charge in [0.1, 0.15) is 17.1 Å². The van der Waals surface area contributed by atoms with Gasteiger partial charge >= 0.3 is 0 Å². The zero-order chi connectivity index (χ0) is 23.7. The highest BCUT2D eigenvalue weighted by Crippen LogP contribution is 2.29. The van der Waals surface area contributed by atoms with Crippen LogP contribution < -0.4 is 9.64 Å². The summed E-state index contributed by atoms with van der Waals surface area (Å²) in [6.45, 7) is 4.81. The minimum absolute atomic E-state index is 0.00629.